The molecule has 0 fully saturated rings. The average Bonchev–Trinajstić information content (AvgIpc) is 2.28. The second kappa shape index (κ2) is 4.85. The van der Waals surface area contributed by atoms with E-state index in [0.717, 1.165) is 0 Å². The van der Waals surface area contributed by atoms with Gasteiger partial charge in [0.2, 0.25) is 10.0 Å². The van der Waals surface area contributed by atoms with Crippen LogP contribution in [0.3, 0.4) is 0 Å². The Labute approximate surface area is 104 Å². The monoisotopic (exact) mass is 271 g/mol. The highest BCUT2D eigenvalue weighted by molar-refractivity contribution is 7.92. The summed E-state index contributed by atoms with van der Waals surface area (Å²) in [5.41, 5.74) is 1.81. The van der Waals surface area contributed by atoms with Gasteiger partial charge in [0, 0.05) is 18.3 Å². The highest BCUT2D eigenvalue weighted by atomic mass is 35.5. The summed E-state index contributed by atoms with van der Waals surface area (Å²) in [6.45, 7) is 0. The largest absolute Gasteiger partial charge is 0.283 e. The molecule has 0 aliphatic carbocycles. The summed E-state index contributed by atoms with van der Waals surface area (Å²) >= 11 is 5.41. The number of sulfonamides is 1. The quantitative estimate of drug-likeness (QED) is 0.858. The minimum atomic E-state index is -3.38. The third kappa shape index (κ3) is 3.04. The van der Waals surface area contributed by atoms with E-state index in [1.807, 2.05) is 0 Å². The van der Waals surface area contributed by atoms with Crippen molar-refractivity contribution in [3.05, 3.63) is 30.6 Å². The Morgan fingerprint density at radius 3 is 2.59 bits per heavy atom. The van der Waals surface area contributed by atoms with Crippen LogP contribution in [0.1, 0.15) is 0 Å². The maximum absolute atomic E-state index is 11.5. The molecule has 7 heteroatoms. The van der Waals surface area contributed by atoms with Crippen molar-refractivity contribution in [2.75, 3.05) is 16.4 Å². The molecule has 1 N–H and O–H groups in total. The number of nitrogens with one attached hydrogen (secondary N) is 1. The lowest BCUT2D eigenvalue weighted by molar-refractivity contribution is 0.602. The Morgan fingerprint density at radius 1 is 1.18 bits per heavy atom. The first kappa shape index (κ1) is 12.1. The van der Waals surface area contributed by atoms with Crippen molar-refractivity contribution < 1.29 is 8.42 Å². The van der Waals surface area contributed by atoms with Crippen LogP contribution in [-0.4, -0.2) is 30.0 Å². The summed E-state index contributed by atoms with van der Waals surface area (Å²) in [5, 5.41) is 0. The number of aromatic nitrogens is 2. The van der Waals surface area contributed by atoms with Gasteiger partial charge in [-0.25, -0.2) is 8.42 Å². The van der Waals surface area contributed by atoms with Crippen molar-refractivity contribution >= 4 is 38.3 Å². The summed E-state index contributed by atoms with van der Waals surface area (Å²) in [6.07, 6.45) is 3.14. The minimum Gasteiger partial charge on any atom is -0.283 e. The number of rotatable bonds is 4. The Bertz CT molecular complexity index is 630. The Hall–Kier alpha value is -1.40. The molecule has 0 atom stereocenters. The number of halogens is 1. The second-order valence-electron chi connectivity index (χ2n) is 3.37. The summed E-state index contributed by atoms with van der Waals surface area (Å²) in [6, 6.07) is 4.98. The molecule has 2 aromatic rings. The van der Waals surface area contributed by atoms with Crippen molar-refractivity contribution in [3.63, 3.8) is 0 Å². The van der Waals surface area contributed by atoms with Crippen LogP contribution in [0.15, 0.2) is 30.6 Å². The molecule has 0 spiro atoms. The predicted octanol–water partition coefficient (Wildman–Crippen LogP) is 1.61. The lowest BCUT2D eigenvalue weighted by atomic mass is 10.3. The molecule has 5 nitrogen and oxygen atoms in total. The third-order valence-corrected chi connectivity index (χ3v) is 3.79. The molecular weight excluding hydrogens is 262 g/mol. The molecule has 1 aromatic carbocycles. The zero-order valence-corrected chi connectivity index (χ0v) is 10.4. The fourth-order valence-corrected chi connectivity index (χ4v) is 2.76. The molecule has 2 rings (SSSR count). The van der Waals surface area contributed by atoms with Crippen LogP contribution >= 0.6 is 11.6 Å². The maximum atomic E-state index is 11.5. The molecule has 0 radical (unpaired) electrons. The van der Waals surface area contributed by atoms with Crippen LogP contribution < -0.4 is 4.72 Å². The van der Waals surface area contributed by atoms with Crippen molar-refractivity contribution in [2.24, 2.45) is 0 Å². The molecule has 0 saturated carbocycles. The van der Waals surface area contributed by atoms with E-state index < -0.39 is 10.0 Å². The highest BCUT2D eigenvalue weighted by Crippen LogP contribution is 2.16. The van der Waals surface area contributed by atoms with Gasteiger partial charge in [-0.1, -0.05) is 0 Å². The molecular formula is C10H10ClN3O2S. The van der Waals surface area contributed by atoms with E-state index in [-0.39, 0.29) is 11.6 Å². The molecule has 90 valence electrons. The third-order valence-electron chi connectivity index (χ3n) is 2.09. The second-order valence-corrected chi connectivity index (χ2v) is 5.59. The summed E-state index contributed by atoms with van der Waals surface area (Å²) in [5.74, 6) is -0.0597. The first-order valence-corrected chi connectivity index (χ1v) is 7.07. The van der Waals surface area contributed by atoms with E-state index in [4.69, 9.17) is 11.6 Å². The van der Waals surface area contributed by atoms with Crippen molar-refractivity contribution in [3.8, 4) is 0 Å². The smallest absolute Gasteiger partial charge is 0.233 e. The maximum Gasteiger partial charge on any atom is 0.233 e. The van der Waals surface area contributed by atoms with Gasteiger partial charge in [0.05, 0.1) is 22.5 Å². The summed E-state index contributed by atoms with van der Waals surface area (Å²) in [7, 11) is -3.38. The zero-order valence-electron chi connectivity index (χ0n) is 8.80. The highest BCUT2D eigenvalue weighted by Gasteiger charge is 2.09. The molecule has 0 bridgehead atoms. The zero-order chi connectivity index (χ0) is 12.3. The number of nitrogens with zero attached hydrogens (tertiary/aromatic N) is 2. The van der Waals surface area contributed by atoms with Gasteiger partial charge in [-0.3, -0.25) is 14.7 Å². The predicted molar refractivity (Wildman–Crippen MR) is 67.7 cm³/mol. The van der Waals surface area contributed by atoms with Crippen molar-refractivity contribution in [1.29, 1.82) is 0 Å². The lowest BCUT2D eigenvalue weighted by Gasteiger charge is -2.06. The van der Waals surface area contributed by atoms with Gasteiger partial charge in [0.25, 0.3) is 0 Å². The van der Waals surface area contributed by atoms with Gasteiger partial charge in [0.15, 0.2) is 0 Å². The number of benzene rings is 1. The van der Waals surface area contributed by atoms with Gasteiger partial charge in [0.1, 0.15) is 0 Å². The SMILES string of the molecule is O=S(=O)(CCCl)Nc1ccc2nccnc2c1. The van der Waals surface area contributed by atoms with E-state index in [0.29, 0.717) is 16.7 Å². The molecule has 0 aliphatic rings. The normalized spacial score (nSPS) is 11.6. The van der Waals surface area contributed by atoms with Gasteiger partial charge < -0.3 is 0 Å². The van der Waals surface area contributed by atoms with E-state index in [1.165, 1.54) is 0 Å². The number of hydrogen-bond donors (Lipinski definition) is 1. The first-order chi connectivity index (χ1) is 8.11. The molecule has 1 aromatic heterocycles. The minimum absolute atomic E-state index is 0.0583. The van der Waals surface area contributed by atoms with E-state index in [9.17, 15) is 8.42 Å². The number of anilines is 1. The van der Waals surface area contributed by atoms with Crippen LogP contribution in [0.25, 0.3) is 11.0 Å². The summed E-state index contributed by atoms with van der Waals surface area (Å²) < 4.78 is 25.4. The van der Waals surface area contributed by atoms with Crippen molar-refractivity contribution in [2.45, 2.75) is 0 Å². The fourth-order valence-electron chi connectivity index (χ4n) is 1.36. The van der Waals surface area contributed by atoms with Gasteiger partial charge in [-0.05, 0) is 18.2 Å². The van der Waals surface area contributed by atoms with Gasteiger partial charge in [-0.15, -0.1) is 11.6 Å². The molecule has 17 heavy (non-hydrogen) atoms. The van der Waals surface area contributed by atoms with E-state index in [2.05, 4.69) is 14.7 Å². The topological polar surface area (TPSA) is 72.0 Å². The lowest BCUT2D eigenvalue weighted by Crippen LogP contribution is -2.17. The van der Waals surface area contributed by atoms with Crippen LogP contribution in [-0.2, 0) is 10.0 Å². The molecule has 0 amide bonds. The van der Waals surface area contributed by atoms with Gasteiger partial charge >= 0.3 is 0 Å². The van der Waals surface area contributed by atoms with Crippen LogP contribution in [0.2, 0.25) is 0 Å². The molecule has 0 unspecified atom stereocenters. The van der Waals surface area contributed by atoms with E-state index in [1.54, 1.807) is 30.6 Å². The fraction of sp³-hybridized carbons (Fsp3) is 0.200. The standard InChI is InChI=1S/C10H10ClN3O2S/c11-3-6-17(15,16)14-8-1-2-9-10(7-8)13-5-4-12-9/h1-2,4-5,7,14H,3,6H2. The average molecular weight is 272 g/mol. The van der Waals surface area contributed by atoms with Crippen molar-refractivity contribution in [1.82, 2.24) is 9.97 Å². The first-order valence-electron chi connectivity index (χ1n) is 4.88. The van der Waals surface area contributed by atoms with Crippen LogP contribution in [0.4, 0.5) is 5.69 Å². The molecule has 0 aliphatic heterocycles. The number of alkyl halides is 1. The Balaban J connectivity index is 2.31. The van der Waals surface area contributed by atoms with E-state index >= 15 is 0 Å². The Morgan fingerprint density at radius 2 is 1.88 bits per heavy atom. The summed E-state index contributed by atoms with van der Waals surface area (Å²) in [4.78, 5) is 8.19. The number of fused-ring (bicyclic) bond motifs is 1. The number of hydrogen-bond acceptors (Lipinski definition) is 4. The Kier molecular flexibility index (Phi) is 3.44. The van der Waals surface area contributed by atoms with Crippen LogP contribution in [0, 0.1) is 0 Å². The molecule has 0 saturated heterocycles. The van der Waals surface area contributed by atoms with Gasteiger partial charge in [-0.2, -0.15) is 0 Å². The van der Waals surface area contributed by atoms with Crippen LogP contribution in [0.5, 0.6) is 0 Å². The molecule has 1 heterocycles.